The van der Waals surface area contributed by atoms with Crippen molar-refractivity contribution < 1.29 is 9.15 Å². The maximum Gasteiger partial charge on any atom is 0.137 e. The van der Waals surface area contributed by atoms with Crippen molar-refractivity contribution in [1.82, 2.24) is 24.6 Å². The third-order valence-corrected chi connectivity index (χ3v) is 5.14. The fourth-order valence-electron chi connectivity index (χ4n) is 3.60. The van der Waals surface area contributed by atoms with Crippen molar-refractivity contribution in [3.05, 3.63) is 36.3 Å². The molecule has 0 unspecified atom stereocenters. The first-order valence-corrected chi connectivity index (χ1v) is 9.34. The van der Waals surface area contributed by atoms with Crippen molar-refractivity contribution in [2.24, 2.45) is 0 Å². The Bertz CT molecular complexity index is 628. The molecule has 0 bridgehead atoms. The molecule has 2 aliphatic rings. The highest BCUT2D eigenvalue weighted by molar-refractivity contribution is 5.10. The molecule has 0 N–H and O–H groups in total. The first kappa shape index (κ1) is 16.8. The van der Waals surface area contributed by atoms with Gasteiger partial charge in [-0.1, -0.05) is 0 Å². The molecule has 25 heavy (non-hydrogen) atoms. The Morgan fingerprint density at radius 1 is 1.04 bits per heavy atom. The fourth-order valence-corrected chi connectivity index (χ4v) is 3.60. The Morgan fingerprint density at radius 2 is 1.92 bits per heavy atom. The maximum atomic E-state index is 6.05. The predicted octanol–water partition coefficient (Wildman–Crippen LogP) is 1.93. The molecular formula is C18H27N5O2. The molecule has 7 heteroatoms. The average Bonchev–Trinajstić information content (AvgIpc) is 3.34. The SMILES string of the molecule is c1ncn(CCN2CCN(Cc3ccc([C@H]4CCCCO4)o3)CC2)n1. The number of rotatable bonds is 6. The molecule has 1 atom stereocenters. The lowest BCUT2D eigenvalue weighted by atomic mass is 10.1. The van der Waals surface area contributed by atoms with Gasteiger partial charge in [-0.25, -0.2) is 4.98 Å². The van der Waals surface area contributed by atoms with Crippen LogP contribution in [0.15, 0.2) is 29.2 Å². The normalized spacial score (nSPS) is 23.1. The summed E-state index contributed by atoms with van der Waals surface area (Å²) in [5.74, 6) is 2.06. The van der Waals surface area contributed by atoms with Crippen molar-refractivity contribution in [3.63, 3.8) is 0 Å². The fraction of sp³-hybridized carbons (Fsp3) is 0.667. The van der Waals surface area contributed by atoms with Gasteiger partial charge in [-0.2, -0.15) is 5.10 Å². The topological polar surface area (TPSA) is 59.6 Å². The zero-order chi connectivity index (χ0) is 16.9. The minimum absolute atomic E-state index is 0.163. The first-order valence-electron chi connectivity index (χ1n) is 9.34. The number of hydrogen-bond donors (Lipinski definition) is 0. The number of aromatic nitrogens is 3. The van der Waals surface area contributed by atoms with Gasteiger partial charge in [-0.15, -0.1) is 0 Å². The van der Waals surface area contributed by atoms with E-state index in [4.69, 9.17) is 9.15 Å². The summed E-state index contributed by atoms with van der Waals surface area (Å²) in [5, 5.41) is 4.16. The highest BCUT2D eigenvalue weighted by Crippen LogP contribution is 2.29. The molecule has 2 saturated heterocycles. The Morgan fingerprint density at radius 3 is 2.68 bits per heavy atom. The van der Waals surface area contributed by atoms with Crippen LogP contribution in [0.3, 0.4) is 0 Å². The Kier molecular flexibility index (Phi) is 5.44. The van der Waals surface area contributed by atoms with E-state index in [2.05, 4.69) is 32.0 Å². The highest BCUT2D eigenvalue weighted by Gasteiger charge is 2.21. The number of piperazine rings is 1. The van der Waals surface area contributed by atoms with E-state index in [-0.39, 0.29) is 6.10 Å². The monoisotopic (exact) mass is 345 g/mol. The van der Waals surface area contributed by atoms with Gasteiger partial charge < -0.3 is 9.15 Å². The Labute approximate surface area is 148 Å². The van der Waals surface area contributed by atoms with E-state index in [1.165, 1.54) is 12.8 Å². The van der Waals surface area contributed by atoms with Crippen LogP contribution in [-0.2, 0) is 17.8 Å². The smallest absolute Gasteiger partial charge is 0.137 e. The lowest BCUT2D eigenvalue weighted by Crippen LogP contribution is -2.46. The second-order valence-corrected chi connectivity index (χ2v) is 6.94. The van der Waals surface area contributed by atoms with E-state index >= 15 is 0 Å². The maximum absolute atomic E-state index is 6.05. The van der Waals surface area contributed by atoms with Gasteiger partial charge in [0.15, 0.2) is 0 Å². The lowest BCUT2D eigenvalue weighted by molar-refractivity contribution is 0.000638. The standard InChI is InChI=1S/C18H27N5O2/c1-2-12-24-17(3-1)18-5-4-16(25-18)13-22-8-6-21(7-9-22)10-11-23-15-19-14-20-23/h4-5,14-15,17H,1-3,6-13H2/t17-/m1/s1. The quantitative estimate of drug-likeness (QED) is 0.797. The van der Waals surface area contributed by atoms with Crippen LogP contribution in [0.5, 0.6) is 0 Å². The molecule has 2 fully saturated rings. The van der Waals surface area contributed by atoms with Gasteiger partial charge in [0.1, 0.15) is 30.3 Å². The molecule has 2 aromatic heterocycles. The van der Waals surface area contributed by atoms with Crippen LogP contribution in [0.2, 0.25) is 0 Å². The zero-order valence-electron chi connectivity index (χ0n) is 14.7. The summed E-state index contributed by atoms with van der Waals surface area (Å²) < 4.78 is 13.8. The molecule has 0 aliphatic carbocycles. The highest BCUT2D eigenvalue weighted by atomic mass is 16.5. The average molecular weight is 345 g/mol. The Hall–Kier alpha value is -1.70. The van der Waals surface area contributed by atoms with Gasteiger partial charge >= 0.3 is 0 Å². The van der Waals surface area contributed by atoms with Crippen LogP contribution in [0.4, 0.5) is 0 Å². The second kappa shape index (κ2) is 8.12. The number of hydrogen-bond acceptors (Lipinski definition) is 6. The molecule has 0 aromatic carbocycles. The number of nitrogens with zero attached hydrogens (tertiary/aromatic N) is 5. The summed E-state index contributed by atoms with van der Waals surface area (Å²) in [7, 11) is 0. The van der Waals surface area contributed by atoms with E-state index in [1.54, 1.807) is 12.7 Å². The van der Waals surface area contributed by atoms with Gasteiger partial charge in [0, 0.05) is 39.3 Å². The molecule has 0 radical (unpaired) electrons. The summed E-state index contributed by atoms with van der Waals surface area (Å²) in [6, 6.07) is 4.21. The third-order valence-electron chi connectivity index (χ3n) is 5.14. The molecular weight excluding hydrogens is 318 g/mol. The molecule has 2 aromatic rings. The molecule has 0 spiro atoms. The summed E-state index contributed by atoms with van der Waals surface area (Å²) in [6.07, 6.45) is 7.02. The van der Waals surface area contributed by atoms with Crippen molar-refractivity contribution >= 4 is 0 Å². The van der Waals surface area contributed by atoms with Crippen molar-refractivity contribution in [2.75, 3.05) is 39.3 Å². The Balaban J connectivity index is 1.21. The van der Waals surface area contributed by atoms with E-state index in [1.807, 2.05) is 4.68 Å². The summed E-state index contributed by atoms with van der Waals surface area (Å²) in [6.45, 7) is 8.02. The second-order valence-electron chi connectivity index (χ2n) is 6.94. The van der Waals surface area contributed by atoms with Crippen LogP contribution in [0.1, 0.15) is 36.9 Å². The van der Waals surface area contributed by atoms with E-state index < -0.39 is 0 Å². The van der Waals surface area contributed by atoms with Gasteiger partial charge in [-0.05, 0) is 31.4 Å². The predicted molar refractivity (Wildman–Crippen MR) is 93.0 cm³/mol. The van der Waals surface area contributed by atoms with Crippen molar-refractivity contribution in [3.8, 4) is 0 Å². The lowest BCUT2D eigenvalue weighted by Gasteiger charge is -2.34. The van der Waals surface area contributed by atoms with E-state index in [0.29, 0.717) is 0 Å². The molecule has 4 heterocycles. The summed E-state index contributed by atoms with van der Waals surface area (Å²) >= 11 is 0. The third kappa shape index (κ3) is 4.48. The van der Waals surface area contributed by atoms with E-state index in [9.17, 15) is 0 Å². The van der Waals surface area contributed by atoms with Crippen LogP contribution in [0, 0.1) is 0 Å². The van der Waals surface area contributed by atoms with Crippen LogP contribution >= 0.6 is 0 Å². The molecule has 2 aliphatic heterocycles. The minimum Gasteiger partial charge on any atom is -0.462 e. The van der Waals surface area contributed by atoms with Gasteiger partial charge in [0.05, 0.1) is 13.1 Å². The molecule has 136 valence electrons. The van der Waals surface area contributed by atoms with Crippen molar-refractivity contribution in [2.45, 2.75) is 38.5 Å². The van der Waals surface area contributed by atoms with E-state index in [0.717, 1.165) is 70.4 Å². The first-order chi connectivity index (χ1) is 12.4. The van der Waals surface area contributed by atoms with Gasteiger partial charge in [0.2, 0.25) is 0 Å². The largest absolute Gasteiger partial charge is 0.462 e. The van der Waals surface area contributed by atoms with Gasteiger partial charge in [0.25, 0.3) is 0 Å². The van der Waals surface area contributed by atoms with Crippen molar-refractivity contribution in [1.29, 1.82) is 0 Å². The number of ether oxygens (including phenoxy) is 1. The number of furan rings is 1. The van der Waals surface area contributed by atoms with Crippen LogP contribution < -0.4 is 0 Å². The summed E-state index contributed by atoms with van der Waals surface area (Å²) in [5.41, 5.74) is 0. The summed E-state index contributed by atoms with van der Waals surface area (Å²) in [4.78, 5) is 8.94. The zero-order valence-corrected chi connectivity index (χ0v) is 14.7. The minimum atomic E-state index is 0.163. The van der Waals surface area contributed by atoms with Gasteiger partial charge in [-0.3, -0.25) is 14.5 Å². The molecule has 0 saturated carbocycles. The van der Waals surface area contributed by atoms with Crippen LogP contribution in [-0.4, -0.2) is 63.9 Å². The molecule has 4 rings (SSSR count). The van der Waals surface area contributed by atoms with Crippen LogP contribution in [0.25, 0.3) is 0 Å². The molecule has 0 amide bonds. The molecule has 7 nitrogen and oxygen atoms in total.